The first-order valence-corrected chi connectivity index (χ1v) is 3.94. The molecule has 0 aromatic carbocycles. The Labute approximate surface area is 75.3 Å². The summed E-state index contributed by atoms with van der Waals surface area (Å²) >= 11 is 11.3. The van der Waals surface area contributed by atoms with Gasteiger partial charge in [0.15, 0.2) is 0 Å². The van der Waals surface area contributed by atoms with Gasteiger partial charge in [0.1, 0.15) is 10.3 Å². The molecule has 1 aromatic heterocycles. The van der Waals surface area contributed by atoms with E-state index in [0.29, 0.717) is 10.3 Å². The van der Waals surface area contributed by atoms with E-state index in [1.54, 1.807) is 12.1 Å². The first-order valence-electron chi connectivity index (χ1n) is 3.18. The predicted octanol–water partition coefficient (Wildman–Crippen LogP) is 2.41. The quantitative estimate of drug-likeness (QED) is 0.692. The fraction of sp³-hybridized carbons (Fsp3) is 0.286. The van der Waals surface area contributed by atoms with Crippen molar-refractivity contribution in [2.75, 3.05) is 0 Å². The van der Waals surface area contributed by atoms with Gasteiger partial charge in [0.25, 0.3) is 0 Å². The van der Waals surface area contributed by atoms with E-state index in [-0.39, 0.29) is 6.04 Å². The molecular weight excluding hydrogens is 183 g/mol. The number of nitrogens with two attached hydrogens (primary N) is 1. The number of nitrogens with zero attached hydrogens (tertiary/aromatic N) is 1. The van der Waals surface area contributed by atoms with Crippen LogP contribution in [0.1, 0.15) is 18.5 Å². The van der Waals surface area contributed by atoms with Crippen LogP contribution in [0.3, 0.4) is 0 Å². The van der Waals surface area contributed by atoms with Crippen LogP contribution >= 0.6 is 23.2 Å². The van der Waals surface area contributed by atoms with E-state index < -0.39 is 0 Å². The molecule has 11 heavy (non-hydrogen) atoms. The highest BCUT2D eigenvalue weighted by Crippen LogP contribution is 2.18. The van der Waals surface area contributed by atoms with Gasteiger partial charge >= 0.3 is 0 Å². The lowest BCUT2D eigenvalue weighted by Gasteiger charge is -2.04. The van der Waals surface area contributed by atoms with Crippen LogP contribution in [0.5, 0.6) is 0 Å². The number of hydrogen-bond donors (Lipinski definition) is 1. The summed E-state index contributed by atoms with van der Waals surface area (Å²) in [5.41, 5.74) is 6.50. The number of halogens is 2. The van der Waals surface area contributed by atoms with Crippen molar-refractivity contribution in [2.24, 2.45) is 5.73 Å². The first-order chi connectivity index (χ1) is 5.09. The number of hydrogen-bond acceptors (Lipinski definition) is 2. The molecule has 0 amide bonds. The Morgan fingerprint density at radius 3 is 2.18 bits per heavy atom. The molecule has 0 spiro atoms. The van der Waals surface area contributed by atoms with Gasteiger partial charge in [-0.25, -0.2) is 4.98 Å². The molecule has 0 unspecified atom stereocenters. The van der Waals surface area contributed by atoms with Gasteiger partial charge in [0, 0.05) is 6.04 Å². The lowest BCUT2D eigenvalue weighted by Crippen LogP contribution is -2.04. The van der Waals surface area contributed by atoms with Crippen molar-refractivity contribution in [2.45, 2.75) is 13.0 Å². The highest BCUT2D eigenvalue weighted by atomic mass is 35.5. The van der Waals surface area contributed by atoms with E-state index in [0.717, 1.165) is 5.56 Å². The van der Waals surface area contributed by atoms with E-state index in [9.17, 15) is 0 Å². The summed E-state index contributed by atoms with van der Waals surface area (Å²) in [7, 11) is 0. The molecule has 0 aliphatic rings. The van der Waals surface area contributed by atoms with E-state index >= 15 is 0 Å². The fourth-order valence-corrected chi connectivity index (χ4v) is 1.22. The van der Waals surface area contributed by atoms with Gasteiger partial charge in [-0.3, -0.25) is 0 Å². The van der Waals surface area contributed by atoms with Gasteiger partial charge in [0.2, 0.25) is 0 Å². The maximum atomic E-state index is 5.64. The lowest BCUT2D eigenvalue weighted by molar-refractivity contribution is 0.815. The molecule has 2 N–H and O–H groups in total. The van der Waals surface area contributed by atoms with Crippen molar-refractivity contribution in [1.29, 1.82) is 0 Å². The van der Waals surface area contributed by atoms with Crippen LogP contribution in [0.15, 0.2) is 12.1 Å². The highest BCUT2D eigenvalue weighted by molar-refractivity contribution is 6.32. The van der Waals surface area contributed by atoms with Crippen LogP contribution in [0, 0.1) is 0 Å². The van der Waals surface area contributed by atoms with Crippen molar-refractivity contribution >= 4 is 23.2 Å². The summed E-state index contributed by atoms with van der Waals surface area (Å²) in [6, 6.07) is 3.35. The van der Waals surface area contributed by atoms with Crippen LogP contribution < -0.4 is 5.73 Å². The minimum atomic E-state index is -0.0620. The van der Waals surface area contributed by atoms with E-state index in [4.69, 9.17) is 28.9 Å². The number of aromatic nitrogens is 1. The zero-order chi connectivity index (χ0) is 8.43. The van der Waals surface area contributed by atoms with Crippen LogP contribution in [-0.2, 0) is 0 Å². The second-order valence-electron chi connectivity index (χ2n) is 2.33. The summed E-state index contributed by atoms with van der Waals surface area (Å²) < 4.78 is 0. The van der Waals surface area contributed by atoms with Gasteiger partial charge in [-0.1, -0.05) is 23.2 Å². The summed E-state index contributed by atoms with van der Waals surface area (Å²) in [6.45, 7) is 1.86. The zero-order valence-electron chi connectivity index (χ0n) is 6.01. The lowest BCUT2D eigenvalue weighted by atomic mass is 10.1. The van der Waals surface area contributed by atoms with Crippen molar-refractivity contribution in [3.05, 3.63) is 28.0 Å². The maximum Gasteiger partial charge on any atom is 0.131 e. The first kappa shape index (κ1) is 8.78. The molecule has 0 saturated heterocycles. The van der Waals surface area contributed by atoms with Gasteiger partial charge < -0.3 is 5.73 Å². The van der Waals surface area contributed by atoms with Crippen LogP contribution in [0.2, 0.25) is 10.3 Å². The van der Waals surface area contributed by atoms with Gasteiger partial charge in [-0.15, -0.1) is 0 Å². The Morgan fingerprint density at radius 1 is 1.36 bits per heavy atom. The van der Waals surface area contributed by atoms with Crippen LogP contribution in [0.25, 0.3) is 0 Å². The third kappa shape index (κ3) is 2.33. The standard InChI is InChI=1S/C7H8Cl2N2/c1-4(10)5-2-6(8)11-7(9)3-5/h2-4H,10H2,1H3/t4-/m1/s1. The molecule has 1 heterocycles. The SMILES string of the molecule is C[C@@H](N)c1cc(Cl)nc(Cl)c1. The van der Waals surface area contributed by atoms with Crippen molar-refractivity contribution in [1.82, 2.24) is 4.98 Å². The molecule has 0 saturated carbocycles. The largest absolute Gasteiger partial charge is 0.324 e. The zero-order valence-corrected chi connectivity index (χ0v) is 7.52. The normalized spacial score (nSPS) is 13.1. The molecule has 1 atom stereocenters. The third-order valence-corrected chi connectivity index (χ3v) is 1.70. The Balaban J connectivity index is 3.08. The van der Waals surface area contributed by atoms with Gasteiger partial charge in [-0.05, 0) is 24.6 Å². The second kappa shape index (κ2) is 3.39. The molecule has 0 aliphatic heterocycles. The summed E-state index contributed by atoms with van der Waals surface area (Å²) in [4.78, 5) is 3.79. The third-order valence-electron chi connectivity index (χ3n) is 1.31. The van der Waals surface area contributed by atoms with Crippen LogP contribution in [0.4, 0.5) is 0 Å². The number of pyridine rings is 1. The Kier molecular flexibility index (Phi) is 2.71. The molecule has 1 aromatic rings. The van der Waals surface area contributed by atoms with Gasteiger partial charge in [-0.2, -0.15) is 0 Å². The van der Waals surface area contributed by atoms with Crippen molar-refractivity contribution < 1.29 is 0 Å². The maximum absolute atomic E-state index is 5.64. The molecule has 0 radical (unpaired) electrons. The molecular formula is C7H8Cl2N2. The molecule has 60 valence electrons. The molecule has 0 bridgehead atoms. The Bertz CT molecular complexity index is 240. The topological polar surface area (TPSA) is 38.9 Å². The molecule has 1 rings (SSSR count). The smallest absolute Gasteiger partial charge is 0.131 e. The molecule has 0 fully saturated rings. The fourth-order valence-electron chi connectivity index (χ4n) is 0.746. The molecule has 0 aliphatic carbocycles. The highest BCUT2D eigenvalue weighted by Gasteiger charge is 2.02. The average Bonchev–Trinajstić information content (AvgIpc) is 1.85. The monoisotopic (exact) mass is 190 g/mol. The van der Waals surface area contributed by atoms with Crippen LogP contribution in [-0.4, -0.2) is 4.98 Å². The van der Waals surface area contributed by atoms with E-state index in [2.05, 4.69) is 4.98 Å². The van der Waals surface area contributed by atoms with Crippen molar-refractivity contribution in [3.8, 4) is 0 Å². The summed E-state index contributed by atoms with van der Waals surface area (Å²) in [5.74, 6) is 0. The number of rotatable bonds is 1. The predicted molar refractivity (Wildman–Crippen MR) is 46.9 cm³/mol. The van der Waals surface area contributed by atoms with E-state index in [1.165, 1.54) is 0 Å². The summed E-state index contributed by atoms with van der Waals surface area (Å²) in [6.07, 6.45) is 0. The minimum absolute atomic E-state index is 0.0620. The second-order valence-corrected chi connectivity index (χ2v) is 3.11. The Hall–Kier alpha value is -0.310. The minimum Gasteiger partial charge on any atom is -0.324 e. The van der Waals surface area contributed by atoms with E-state index in [1.807, 2.05) is 6.92 Å². The van der Waals surface area contributed by atoms with Crippen molar-refractivity contribution in [3.63, 3.8) is 0 Å². The Morgan fingerprint density at radius 2 is 1.82 bits per heavy atom. The van der Waals surface area contributed by atoms with Gasteiger partial charge in [0.05, 0.1) is 0 Å². The molecule has 2 nitrogen and oxygen atoms in total. The summed E-state index contributed by atoms with van der Waals surface area (Å²) in [5, 5.41) is 0.759. The average molecular weight is 191 g/mol. The molecule has 4 heteroatoms.